The zero-order valence-electron chi connectivity index (χ0n) is 16.3. The lowest BCUT2D eigenvalue weighted by Gasteiger charge is -2.34. The minimum atomic E-state index is 0.0188. The molecule has 1 aromatic rings. The number of hydrogen-bond acceptors (Lipinski definition) is 4. The molecule has 7 nitrogen and oxygen atoms in total. The van der Waals surface area contributed by atoms with Gasteiger partial charge in [0.2, 0.25) is 11.8 Å². The van der Waals surface area contributed by atoms with Crippen molar-refractivity contribution in [3.8, 4) is 0 Å². The Morgan fingerprint density at radius 2 is 1.78 bits per heavy atom. The maximum Gasteiger partial charge on any atom is 0.253 e. The number of amides is 3. The number of anilines is 1. The smallest absolute Gasteiger partial charge is 0.253 e. The largest absolute Gasteiger partial charge is 0.353 e. The van der Waals surface area contributed by atoms with Gasteiger partial charge in [-0.15, -0.1) is 0 Å². The first-order valence-electron chi connectivity index (χ1n) is 9.57. The molecule has 0 unspecified atom stereocenters. The number of hydrogen-bond donors (Lipinski definition) is 1. The number of piperazine rings is 1. The first-order valence-corrected chi connectivity index (χ1v) is 9.57. The maximum absolute atomic E-state index is 12.8. The standard InChI is InChI=1S/C20H28N4O3/c1-14(2)21-19(26)13-22-8-10-23(11-9-22)20(27)17-4-5-18-16(12-17)6-7-24(18)15(3)25/h4-5,12,14H,6-11,13H2,1-3H3,(H,21,26). The lowest BCUT2D eigenvalue weighted by Crippen LogP contribution is -2.51. The molecule has 2 heterocycles. The van der Waals surface area contributed by atoms with Crippen LogP contribution in [0.3, 0.4) is 0 Å². The van der Waals surface area contributed by atoms with E-state index in [0.717, 1.165) is 17.7 Å². The van der Waals surface area contributed by atoms with Gasteiger partial charge in [0.1, 0.15) is 0 Å². The summed E-state index contributed by atoms with van der Waals surface area (Å²) < 4.78 is 0. The summed E-state index contributed by atoms with van der Waals surface area (Å²) in [6.07, 6.45) is 0.786. The third-order valence-corrected chi connectivity index (χ3v) is 5.08. The van der Waals surface area contributed by atoms with E-state index in [1.165, 1.54) is 0 Å². The second-order valence-corrected chi connectivity index (χ2v) is 7.55. The highest BCUT2D eigenvalue weighted by atomic mass is 16.2. The first kappa shape index (κ1) is 19.4. The number of nitrogens with zero attached hydrogens (tertiary/aromatic N) is 3. The molecule has 146 valence electrons. The first-order chi connectivity index (χ1) is 12.8. The maximum atomic E-state index is 12.8. The summed E-state index contributed by atoms with van der Waals surface area (Å²) in [5, 5.41) is 2.90. The molecule has 2 aliphatic heterocycles. The van der Waals surface area contributed by atoms with Gasteiger partial charge in [-0.2, -0.15) is 0 Å². The Morgan fingerprint density at radius 1 is 1.07 bits per heavy atom. The van der Waals surface area contributed by atoms with Crippen molar-refractivity contribution < 1.29 is 14.4 Å². The normalized spacial score (nSPS) is 17.2. The van der Waals surface area contributed by atoms with Crippen molar-refractivity contribution in [2.75, 3.05) is 44.2 Å². The molecule has 0 radical (unpaired) electrons. The van der Waals surface area contributed by atoms with E-state index in [9.17, 15) is 14.4 Å². The van der Waals surface area contributed by atoms with Gasteiger partial charge in [0.15, 0.2) is 0 Å². The lowest BCUT2D eigenvalue weighted by atomic mass is 10.1. The van der Waals surface area contributed by atoms with Gasteiger partial charge < -0.3 is 15.1 Å². The number of benzene rings is 1. The van der Waals surface area contributed by atoms with Gasteiger partial charge >= 0.3 is 0 Å². The van der Waals surface area contributed by atoms with E-state index in [0.29, 0.717) is 44.8 Å². The number of fused-ring (bicyclic) bond motifs is 1. The molecule has 0 atom stereocenters. The van der Waals surface area contributed by atoms with E-state index >= 15 is 0 Å². The van der Waals surface area contributed by atoms with Crippen LogP contribution in [0.25, 0.3) is 0 Å². The summed E-state index contributed by atoms with van der Waals surface area (Å²) in [6, 6.07) is 5.75. The fraction of sp³-hybridized carbons (Fsp3) is 0.550. The fourth-order valence-electron chi connectivity index (χ4n) is 3.72. The summed E-state index contributed by atoms with van der Waals surface area (Å²) in [5.74, 6) is 0.0780. The third-order valence-electron chi connectivity index (χ3n) is 5.08. The van der Waals surface area contributed by atoms with E-state index in [-0.39, 0.29) is 23.8 Å². The molecule has 3 rings (SSSR count). The minimum Gasteiger partial charge on any atom is -0.353 e. The molecule has 1 N–H and O–H groups in total. The summed E-state index contributed by atoms with van der Waals surface area (Å²) in [5.41, 5.74) is 2.64. The van der Waals surface area contributed by atoms with Crippen LogP contribution in [0.15, 0.2) is 18.2 Å². The highest BCUT2D eigenvalue weighted by molar-refractivity contribution is 5.98. The fourth-order valence-corrected chi connectivity index (χ4v) is 3.72. The van der Waals surface area contributed by atoms with Gasteiger partial charge in [-0.1, -0.05) is 0 Å². The monoisotopic (exact) mass is 372 g/mol. The van der Waals surface area contributed by atoms with Crippen LogP contribution in [0.1, 0.15) is 36.7 Å². The zero-order valence-corrected chi connectivity index (χ0v) is 16.3. The molecular weight excluding hydrogens is 344 g/mol. The summed E-state index contributed by atoms with van der Waals surface area (Å²) in [4.78, 5) is 42.1. The van der Waals surface area contributed by atoms with Crippen molar-refractivity contribution in [1.29, 1.82) is 0 Å². The van der Waals surface area contributed by atoms with Gasteiger partial charge in [-0.05, 0) is 44.0 Å². The quantitative estimate of drug-likeness (QED) is 0.852. The van der Waals surface area contributed by atoms with E-state index in [4.69, 9.17) is 0 Å². The summed E-state index contributed by atoms with van der Waals surface area (Å²) >= 11 is 0. The van der Waals surface area contributed by atoms with Crippen molar-refractivity contribution in [2.45, 2.75) is 33.2 Å². The second-order valence-electron chi connectivity index (χ2n) is 7.55. The molecule has 1 saturated heterocycles. The second kappa shape index (κ2) is 8.08. The van der Waals surface area contributed by atoms with Crippen LogP contribution >= 0.6 is 0 Å². The van der Waals surface area contributed by atoms with Crippen molar-refractivity contribution in [3.05, 3.63) is 29.3 Å². The summed E-state index contributed by atoms with van der Waals surface area (Å²) in [6.45, 7) is 9.13. The van der Waals surface area contributed by atoms with Crippen LogP contribution in [0, 0.1) is 0 Å². The molecule has 0 aromatic heterocycles. The molecule has 1 fully saturated rings. The lowest BCUT2D eigenvalue weighted by molar-refractivity contribution is -0.123. The molecule has 3 amide bonds. The Labute approximate surface area is 160 Å². The Hall–Kier alpha value is -2.41. The van der Waals surface area contributed by atoms with Gasteiger partial charge in [0.05, 0.1) is 6.54 Å². The van der Waals surface area contributed by atoms with Gasteiger partial charge in [-0.3, -0.25) is 19.3 Å². The van der Waals surface area contributed by atoms with Crippen LogP contribution < -0.4 is 10.2 Å². The molecule has 0 aliphatic carbocycles. The van der Waals surface area contributed by atoms with Gasteiger partial charge in [0.25, 0.3) is 5.91 Å². The number of carbonyl (C=O) groups excluding carboxylic acids is 3. The SMILES string of the molecule is CC(=O)N1CCc2cc(C(=O)N3CCN(CC(=O)NC(C)C)CC3)ccc21. The predicted molar refractivity (Wildman–Crippen MR) is 104 cm³/mol. The van der Waals surface area contributed by atoms with E-state index in [2.05, 4.69) is 10.2 Å². The van der Waals surface area contributed by atoms with Crippen LogP contribution in [0.4, 0.5) is 5.69 Å². The van der Waals surface area contributed by atoms with Gasteiger partial charge in [-0.25, -0.2) is 0 Å². The molecule has 0 saturated carbocycles. The predicted octanol–water partition coefficient (Wildman–Crippen LogP) is 0.878. The van der Waals surface area contributed by atoms with E-state index < -0.39 is 0 Å². The third kappa shape index (κ3) is 4.47. The Bertz CT molecular complexity index is 739. The van der Waals surface area contributed by atoms with Crippen LogP contribution in [0.2, 0.25) is 0 Å². The highest BCUT2D eigenvalue weighted by Gasteiger charge is 2.26. The van der Waals surface area contributed by atoms with E-state index in [1.807, 2.05) is 36.9 Å². The van der Waals surface area contributed by atoms with Crippen molar-refractivity contribution >= 4 is 23.4 Å². The zero-order chi connectivity index (χ0) is 19.6. The van der Waals surface area contributed by atoms with Crippen molar-refractivity contribution in [2.24, 2.45) is 0 Å². The molecule has 27 heavy (non-hydrogen) atoms. The molecule has 0 bridgehead atoms. The Morgan fingerprint density at radius 3 is 2.41 bits per heavy atom. The number of nitrogens with one attached hydrogen (secondary N) is 1. The molecular formula is C20H28N4O3. The molecule has 7 heteroatoms. The Kier molecular flexibility index (Phi) is 5.79. The van der Waals surface area contributed by atoms with Gasteiger partial charge in [0, 0.05) is 56.9 Å². The van der Waals surface area contributed by atoms with Crippen LogP contribution in [-0.2, 0) is 16.0 Å². The van der Waals surface area contributed by atoms with E-state index in [1.54, 1.807) is 11.8 Å². The summed E-state index contributed by atoms with van der Waals surface area (Å²) in [7, 11) is 0. The molecule has 2 aliphatic rings. The van der Waals surface area contributed by atoms with Crippen molar-refractivity contribution in [3.63, 3.8) is 0 Å². The molecule has 1 aromatic carbocycles. The Balaban J connectivity index is 1.57. The van der Waals surface area contributed by atoms with Crippen LogP contribution in [-0.4, -0.2) is 72.8 Å². The topological polar surface area (TPSA) is 73.0 Å². The average molecular weight is 372 g/mol. The minimum absolute atomic E-state index is 0.0188. The number of rotatable bonds is 4. The number of carbonyl (C=O) groups is 3. The molecule has 0 spiro atoms. The van der Waals surface area contributed by atoms with Crippen molar-refractivity contribution in [1.82, 2.24) is 15.1 Å². The highest BCUT2D eigenvalue weighted by Crippen LogP contribution is 2.29. The van der Waals surface area contributed by atoms with Crippen LogP contribution in [0.5, 0.6) is 0 Å². The average Bonchev–Trinajstić information content (AvgIpc) is 3.04.